The van der Waals surface area contributed by atoms with E-state index < -0.39 is 215 Å². The van der Waals surface area contributed by atoms with E-state index in [0.29, 0.717) is 35.9 Å². The number of phosphoric ester groups is 2. The summed E-state index contributed by atoms with van der Waals surface area (Å²) < 4.78 is 96.1. The van der Waals surface area contributed by atoms with Crippen LogP contribution in [0.5, 0.6) is 0 Å². The van der Waals surface area contributed by atoms with Crippen molar-refractivity contribution < 1.29 is 138 Å². The average Bonchev–Trinajstić information content (AvgIpc) is 0.730. The molecule has 0 aliphatic carbocycles. The van der Waals surface area contributed by atoms with Gasteiger partial charge < -0.3 is 117 Å². The second kappa shape index (κ2) is 44.0. The van der Waals surface area contributed by atoms with Gasteiger partial charge in [0.25, 0.3) is 10.0 Å². The number of rotatable bonds is 43. The van der Waals surface area contributed by atoms with Gasteiger partial charge in [0, 0.05) is 75.7 Å². The second-order valence-electron chi connectivity index (χ2n) is 27.6. The first-order chi connectivity index (χ1) is 53.7. The zero-order chi connectivity index (χ0) is 86.2. The minimum absolute atomic E-state index is 0.0789. The Morgan fingerprint density at radius 1 is 0.661 bits per heavy atom. The molecule has 2 saturated heterocycles. The van der Waals surface area contributed by atoms with E-state index in [2.05, 4.69) is 62.2 Å². The number of carboxylic acids is 2. The fraction of sp³-hybridized carbons (Fsp3) is 0.557. The van der Waals surface area contributed by atoms with Crippen molar-refractivity contribution in [2.24, 2.45) is 0 Å². The van der Waals surface area contributed by atoms with E-state index in [0.717, 1.165) is 51.3 Å². The Kier molecular flexibility index (Phi) is 37.1. The van der Waals surface area contributed by atoms with Crippen molar-refractivity contribution in [3.05, 3.63) is 84.0 Å². The lowest BCUT2D eigenvalue weighted by atomic mass is 9.89. The molecule has 8 amide bonds. The van der Waals surface area contributed by atoms with Crippen molar-refractivity contribution in [1.82, 2.24) is 47.9 Å². The highest BCUT2D eigenvalue weighted by Gasteiger charge is 2.64. The first-order valence-electron chi connectivity index (χ1n) is 36.1. The number of carbonyl (C=O) groups excluding carboxylic acids is 8. The molecular weight excluding hydrogens is 1600 g/mol. The molecule has 45 heteroatoms. The molecule has 0 aromatic heterocycles. The van der Waals surface area contributed by atoms with Gasteiger partial charge in [0.1, 0.15) is 79.0 Å². The molecule has 115 heavy (non-hydrogen) atoms. The summed E-state index contributed by atoms with van der Waals surface area (Å²) in [5.74, 6) is -11.6. The minimum atomic E-state index is -6.16. The van der Waals surface area contributed by atoms with Crippen LogP contribution in [0.2, 0.25) is 0 Å². The highest BCUT2D eigenvalue weighted by atomic mass is 32.2. The summed E-state index contributed by atoms with van der Waals surface area (Å²) in [6.07, 6.45) is -16.0. The number of aliphatic hydroxyl groups excluding tert-OH is 4. The Labute approximate surface area is 668 Å². The number of fused-ring (bicyclic) bond motifs is 1. The molecule has 3 aromatic rings. The quantitative estimate of drug-likeness (QED) is 0.0119. The van der Waals surface area contributed by atoms with Crippen LogP contribution in [0.4, 0.5) is 17.1 Å². The zero-order valence-corrected chi connectivity index (χ0v) is 68.6. The predicted molar refractivity (Wildman–Crippen MR) is 416 cm³/mol. The number of benzene rings is 3. The van der Waals surface area contributed by atoms with Crippen molar-refractivity contribution in [3.63, 3.8) is 0 Å². The van der Waals surface area contributed by atoms with Gasteiger partial charge in [0.05, 0.1) is 24.7 Å². The van der Waals surface area contributed by atoms with Crippen LogP contribution in [0.25, 0.3) is 10.8 Å². The third-order valence-electron chi connectivity index (χ3n) is 17.6. The Morgan fingerprint density at radius 2 is 1.25 bits per heavy atom. The first kappa shape index (κ1) is 96.9. The van der Waals surface area contributed by atoms with Gasteiger partial charge in [-0.1, -0.05) is 47.6 Å². The summed E-state index contributed by atoms with van der Waals surface area (Å²) in [4.78, 5) is 156. The molecule has 5 rings (SSSR count). The molecule has 0 radical (unpaired) electrons. The molecule has 2 unspecified atom stereocenters. The molecule has 2 fully saturated rings. The summed E-state index contributed by atoms with van der Waals surface area (Å²) in [5.41, 5.74) is 0.161. The van der Waals surface area contributed by atoms with Gasteiger partial charge >= 0.3 is 27.6 Å². The lowest BCUT2D eigenvalue weighted by Crippen LogP contribution is -2.81. The normalized spacial score (nSPS) is 22.0. The van der Waals surface area contributed by atoms with Crippen LogP contribution in [0, 0.1) is 0 Å². The van der Waals surface area contributed by atoms with Gasteiger partial charge in [0.2, 0.25) is 53.5 Å². The van der Waals surface area contributed by atoms with Gasteiger partial charge in [-0.3, -0.25) is 56.9 Å². The minimum Gasteiger partial charge on any atom is -0.480 e. The molecule has 640 valence electrons. The summed E-state index contributed by atoms with van der Waals surface area (Å²) in [7, 11) is -12.2. The molecule has 19 N–H and O–H groups in total. The van der Waals surface area contributed by atoms with E-state index in [4.69, 9.17) is 40.2 Å². The van der Waals surface area contributed by atoms with Crippen LogP contribution in [0.1, 0.15) is 114 Å². The summed E-state index contributed by atoms with van der Waals surface area (Å²) in [6, 6.07) is 6.99. The fourth-order valence-electron chi connectivity index (χ4n) is 11.8. The van der Waals surface area contributed by atoms with Gasteiger partial charge in [-0.15, -0.1) is 0 Å². The van der Waals surface area contributed by atoms with Crippen LogP contribution in [0.15, 0.2) is 88.9 Å². The number of sulfonamides is 1. The Morgan fingerprint density at radius 3 is 1.83 bits per heavy atom. The maximum atomic E-state index is 14.4. The van der Waals surface area contributed by atoms with Crippen molar-refractivity contribution in [2.45, 2.75) is 216 Å². The fourth-order valence-corrected chi connectivity index (χ4v) is 15.4. The maximum Gasteiger partial charge on any atom is 0.483 e. The molecule has 2 aliphatic rings. The van der Waals surface area contributed by atoms with E-state index in [-0.39, 0.29) is 35.1 Å². The summed E-state index contributed by atoms with van der Waals surface area (Å²) in [5, 5.41) is 88.7. The van der Waals surface area contributed by atoms with E-state index in [1.165, 1.54) is 38.1 Å². The summed E-state index contributed by atoms with van der Waals surface area (Å²) >= 11 is 5.48. The number of hydrogen-bond donors (Lipinski definition) is 19. The number of unbranched alkanes of at least 4 members (excludes halogenated alkanes) is 1. The number of anilines is 3. The number of thiocarbonyl (C=S) groups is 1. The third kappa shape index (κ3) is 29.4. The predicted octanol–water partition coefficient (Wildman–Crippen LogP) is 0.328. The molecule has 17 atom stereocenters. The average molecular weight is 1700 g/mol. The van der Waals surface area contributed by atoms with Crippen molar-refractivity contribution in [1.29, 1.82) is 0 Å². The number of aliphatic hydroxyl groups is 4. The number of nitrogens with one attached hydrogen (secondary N) is 11. The molecule has 0 bridgehead atoms. The first-order valence-corrected chi connectivity index (χ1v) is 41.0. The number of carbonyl (C=O) groups is 10. The van der Waals surface area contributed by atoms with E-state index >= 15 is 0 Å². The zero-order valence-electron chi connectivity index (χ0n) is 65.2. The van der Waals surface area contributed by atoms with Crippen molar-refractivity contribution >= 4 is 130 Å². The van der Waals surface area contributed by atoms with Crippen molar-refractivity contribution in [2.75, 3.05) is 55.4 Å². The number of hydrogen-bond acceptors (Lipinski definition) is 27. The van der Waals surface area contributed by atoms with E-state index in [1.807, 2.05) is 51.1 Å². The van der Waals surface area contributed by atoms with Gasteiger partial charge in [-0.2, -0.15) is 4.31 Å². The molecule has 2 aliphatic heterocycles. The lowest BCUT2D eigenvalue weighted by Gasteiger charge is -2.54. The topological polar surface area (TPSA) is 601 Å². The van der Waals surface area contributed by atoms with Crippen LogP contribution >= 0.6 is 27.9 Å². The summed E-state index contributed by atoms with van der Waals surface area (Å²) in [6.45, 7) is 9.68. The highest BCUT2D eigenvalue weighted by molar-refractivity contribution is 7.93. The standard InChI is InChI=1S/C70H104N12O29P2S2/c1-36(2)18-15-19-37(3)31-33-105-112(99,100)111-113(101,102)110-68-70(79-43(9)86,80-44(10)87)60(59(53(35-84)108-68)109-67-56(75-42(8)85)58(90)57(89)52(34-83)107-67)106-41(7)63(93)72-39(5)62(92)78-50(66(97)98)29-30-55(88)77-49(64(94)73-38(4)61(91)74-40(6)65(95)96)22-13-14-32-71-69(114)76-45-25-27-46(28-26-45)81-115(103,104)54-24-17-20-47-48(54)21-16-23-51(47)82(11)12/h16-18,20-21,23-28,31,38-41,49-50,52-53,56-60,67-68,81,83-84,89-90H,13-15,19,22,29-30,32-35H2,1-12H3,(H,72,93)(H,73,94)(H,74,91)(H,75,85)(H,77,88)(H,78,92)(H,79,86)(H,80,87)(H,95,96)(H,97,98)(H,99,100)(H,101,102)(H2,71,76,114)/b37-31-/t38-,39+,40+,41-,49+,50-,52-,53-,56-,57-,58-,59-,60+,67-,68-/m1/s1. The SMILES string of the molecule is CC(=O)N[C@H]1[C@@H](O[C@@H]2[C@@H](CO)O[C@H](OP(=O)(O)OP(=O)(O)OC/C=C(/C)CCC=C(C)C)C(NC(C)=O)(NC(C)=O)[C@H]2O[C@H](C)C(=O)N[C@@H](C)C(=O)N[C@H](CCC(=O)N[C@@H](CCCCNC(=S)Nc2ccc(NS(=O)(=O)c3cccc4c(N(C)C)cccc34)cc2)C(=O)N[C@H](C)C(=O)N[C@@H](C)C(=O)O)C(=O)O)O[C@H](CO)[C@@H](O)[C@@H]1O. The largest absolute Gasteiger partial charge is 0.483 e. The molecule has 0 saturated carbocycles. The lowest BCUT2D eigenvalue weighted by molar-refractivity contribution is -0.346. The van der Waals surface area contributed by atoms with Crippen LogP contribution < -0.4 is 62.8 Å². The Bertz CT molecular complexity index is 4220. The number of ether oxygens (including phenoxy) is 4. The van der Waals surface area contributed by atoms with Gasteiger partial charge in [-0.05, 0) is 136 Å². The van der Waals surface area contributed by atoms with E-state index in [1.54, 1.807) is 37.3 Å². The number of aliphatic carboxylic acids is 2. The second-order valence-corrected chi connectivity index (χ2v) is 32.7. The Balaban J connectivity index is 1.32. The molecule has 41 nitrogen and oxygen atoms in total. The third-order valence-corrected chi connectivity index (χ3v) is 21.8. The molecular formula is C70H104N12O29P2S2. The highest BCUT2D eigenvalue weighted by Crippen LogP contribution is 2.62. The van der Waals surface area contributed by atoms with Crippen molar-refractivity contribution in [3.8, 4) is 0 Å². The van der Waals surface area contributed by atoms with Gasteiger partial charge in [-0.25, -0.2) is 22.3 Å². The smallest absolute Gasteiger partial charge is 0.480 e. The van der Waals surface area contributed by atoms with Crippen LogP contribution in [0.3, 0.4) is 0 Å². The number of amides is 8. The molecule has 0 spiro atoms. The van der Waals surface area contributed by atoms with Gasteiger partial charge in [0.15, 0.2) is 17.1 Å². The number of nitrogens with zero attached hydrogens (tertiary/aromatic N) is 1. The number of carboxylic acid groups (broad SMARTS) is 2. The Hall–Kier alpha value is -8.72. The van der Waals surface area contributed by atoms with Crippen LogP contribution in [-0.2, 0) is 99.4 Å². The molecule has 3 aromatic carbocycles. The maximum absolute atomic E-state index is 14.4. The monoisotopic (exact) mass is 1700 g/mol. The molecule has 2 heterocycles. The van der Waals surface area contributed by atoms with Crippen LogP contribution in [-0.4, -0.2) is 251 Å². The van der Waals surface area contributed by atoms with E-state index in [9.17, 15) is 106 Å². The number of phosphoric acid groups is 2. The number of allylic oxidation sites excluding steroid dienone is 3.